The number of hydrogen-bond acceptors (Lipinski definition) is 3. The van der Waals surface area contributed by atoms with E-state index in [0.29, 0.717) is 5.90 Å². The maximum atomic E-state index is 5.99. The zero-order valence-electron chi connectivity index (χ0n) is 14.9. The molecule has 3 aromatic rings. The van der Waals surface area contributed by atoms with Crippen LogP contribution in [-0.4, -0.2) is 5.90 Å². The first-order valence-corrected chi connectivity index (χ1v) is 8.48. The van der Waals surface area contributed by atoms with Gasteiger partial charge < -0.3 is 9.47 Å². The Morgan fingerprint density at radius 2 is 1.46 bits per heavy atom. The Morgan fingerprint density at radius 1 is 0.808 bits per heavy atom. The summed E-state index contributed by atoms with van der Waals surface area (Å²) >= 11 is 0. The first kappa shape index (κ1) is 17.5. The lowest BCUT2D eigenvalue weighted by atomic mass is 10.2. The average molecular weight is 343 g/mol. The van der Waals surface area contributed by atoms with Crippen LogP contribution >= 0.6 is 0 Å². The first-order chi connectivity index (χ1) is 12.7. The molecule has 0 fully saturated rings. The summed E-state index contributed by atoms with van der Waals surface area (Å²) in [5.41, 5.74) is 2.76. The summed E-state index contributed by atoms with van der Waals surface area (Å²) in [7, 11) is 0. The number of rotatable bonds is 5. The zero-order valence-corrected chi connectivity index (χ0v) is 14.9. The Bertz CT molecular complexity index is 900. The quantitative estimate of drug-likeness (QED) is 0.319. The molecule has 0 aliphatic rings. The molecule has 0 bridgehead atoms. The van der Waals surface area contributed by atoms with Gasteiger partial charge in [-0.25, -0.2) is 4.99 Å². The Kier molecular flexibility index (Phi) is 5.84. The van der Waals surface area contributed by atoms with E-state index in [0.717, 1.165) is 28.3 Å². The summed E-state index contributed by atoms with van der Waals surface area (Å²) in [6, 6.07) is 27.2. The van der Waals surface area contributed by atoms with Gasteiger partial charge in [0.05, 0.1) is 11.9 Å². The highest BCUT2D eigenvalue weighted by Crippen LogP contribution is 2.18. The van der Waals surface area contributed by atoms with Crippen molar-refractivity contribution in [2.24, 2.45) is 4.99 Å². The van der Waals surface area contributed by atoms with Gasteiger partial charge in [-0.2, -0.15) is 0 Å². The summed E-state index contributed by atoms with van der Waals surface area (Å²) in [5, 5.41) is 0. The van der Waals surface area contributed by atoms with Crippen molar-refractivity contribution < 1.29 is 9.47 Å². The minimum Gasteiger partial charge on any atom is -0.465 e. The van der Waals surface area contributed by atoms with Gasteiger partial charge >= 0.3 is 0 Å². The minimum absolute atomic E-state index is 0.495. The number of aryl methyl sites for hydroxylation is 1. The summed E-state index contributed by atoms with van der Waals surface area (Å²) < 4.78 is 11.8. The van der Waals surface area contributed by atoms with Crippen LogP contribution in [0.5, 0.6) is 11.5 Å². The van der Waals surface area contributed by atoms with E-state index in [9.17, 15) is 0 Å². The van der Waals surface area contributed by atoms with Crippen LogP contribution in [0.25, 0.3) is 0 Å². The fourth-order valence-electron chi connectivity index (χ4n) is 2.31. The van der Waals surface area contributed by atoms with Crippen LogP contribution < -0.4 is 9.47 Å². The molecule has 3 heteroatoms. The van der Waals surface area contributed by atoms with Gasteiger partial charge in [-0.15, -0.1) is 0 Å². The van der Waals surface area contributed by atoms with Gasteiger partial charge in [-0.1, -0.05) is 48.5 Å². The maximum Gasteiger partial charge on any atom is 0.225 e. The highest BCUT2D eigenvalue weighted by Gasteiger charge is 2.07. The summed E-state index contributed by atoms with van der Waals surface area (Å²) in [5.74, 6) is 2.00. The van der Waals surface area contributed by atoms with Gasteiger partial charge in [-0.05, 0) is 55.8 Å². The molecule has 0 heterocycles. The molecular weight excluding hydrogens is 322 g/mol. The topological polar surface area (TPSA) is 30.8 Å². The molecule has 0 aliphatic carbocycles. The zero-order chi connectivity index (χ0) is 18.2. The largest absolute Gasteiger partial charge is 0.465 e. The number of aliphatic imine (C=N–C) groups is 1. The van der Waals surface area contributed by atoms with Crippen LogP contribution in [-0.2, 0) is 0 Å². The average Bonchev–Trinajstić information content (AvgIpc) is 2.67. The van der Waals surface area contributed by atoms with Crippen molar-refractivity contribution in [3.8, 4) is 11.5 Å². The Morgan fingerprint density at radius 3 is 2.15 bits per heavy atom. The predicted molar refractivity (Wildman–Crippen MR) is 106 cm³/mol. The number of benzene rings is 3. The molecule has 0 aliphatic heterocycles. The van der Waals surface area contributed by atoms with Crippen molar-refractivity contribution in [2.45, 2.75) is 13.8 Å². The van der Waals surface area contributed by atoms with E-state index in [4.69, 9.17) is 9.47 Å². The Balaban J connectivity index is 1.86. The van der Waals surface area contributed by atoms with Crippen molar-refractivity contribution in [3.05, 3.63) is 102 Å². The number of ether oxygens (including phenoxy) is 2. The summed E-state index contributed by atoms with van der Waals surface area (Å²) in [6.45, 7) is 3.95. The van der Waals surface area contributed by atoms with E-state index in [1.54, 1.807) is 6.26 Å². The monoisotopic (exact) mass is 343 g/mol. The van der Waals surface area contributed by atoms with Crippen LogP contribution in [0.1, 0.15) is 12.5 Å². The van der Waals surface area contributed by atoms with E-state index in [-0.39, 0.29) is 0 Å². The molecule has 0 atom stereocenters. The molecule has 0 radical (unpaired) electrons. The number of hydrogen-bond donors (Lipinski definition) is 0. The maximum absolute atomic E-state index is 5.99. The molecule has 3 rings (SSSR count). The second-order valence-electron chi connectivity index (χ2n) is 5.90. The van der Waals surface area contributed by atoms with Crippen LogP contribution in [0.3, 0.4) is 0 Å². The van der Waals surface area contributed by atoms with Crippen molar-refractivity contribution in [2.75, 3.05) is 0 Å². The standard InChI is InChI=1S/C23H21NO2/c1-18-10-9-15-22(16-18)25-17-19(2)23(24-20-11-5-3-6-12-20)26-21-13-7-4-8-14-21/h3-17H,1-2H3/b19-17+,24-23-. The van der Waals surface area contributed by atoms with Crippen LogP contribution in [0.4, 0.5) is 5.69 Å². The van der Waals surface area contributed by atoms with Crippen molar-refractivity contribution in [3.63, 3.8) is 0 Å². The highest BCUT2D eigenvalue weighted by molar-refractivity contribution is 5.96. The molecule has 130 valence electrons. The lowest BCUT2D eigenvalue weighted by Gasteiger charge is -2.10. The molecule has 0 saturated carbocycles. The highest BCUT2D eigenvalue weighted by atomic mass is 16.5. The van der Waals surface area contributed by atoms with Gasteiger partial charge in [-0.3, -0.25) is 0 Å². The van der Waals surface area contributed by atoms with E-state index in [2.05, 4.69) is 4.99 Å². The van der Waals surface area contributed by atoms with E-state index >= 15 is 0 Å². The molecule has 0 N–H and O–H groups in total. The van der Waals surface area contributed by atoms with Crippen LogP contribution in [0, 0.1) is 6.92 Å². The van der Waals surface area contributed by atoms with Crippen LogP contribution in [0.2, 0.25) is 0 Å². The Hall–Kier alpha value is -3.33. The number of para-hydroxylation sites is 2. The molecule has 0 saturated heterocycles. The molecule has 26 heavy (non-hydrogen) atoms. The van der Waals surface area contributed by atoms with Crippen LogP contribution in [0.15, 0.2) is 102 Å². The van der Waals surface area contributed by atoms with Crippen molar-refractivity contribution in [1.29, 1.82) is 0 Å². The summed E-state index contributed by atoms with van der Waals surface area (Å²) in [6.07, 6.45) is 1.67. The lowest BCUT2D eigenvalue weighted by Crippen LogP contribution is -2.10. The smallest absolute Gasteiger partial charge is 0.225 e. The molecule has 0 aromatic heterocycles. The molecule has 0 amide bonds. The third kappa shape index (κ3) is 5.08. The molecular formula is C23H21NO2. The second-order valence-corrected chi connectivity index (χ2v) is 5.90. The fourth-order valence-corrected chi connectivity index (χ4v) is 2.31. The van der Waals surface area contributed by atoms with Crippen molar-refractivity contribution in [1.82, 2.24) is 0 Å². The third-order valence-corrected chi connectivity index (χ3v) is 3.64. The van der Waals surface area contributed by atoms with E-state index in [1.165, 1.54) is 0 Å². The molecule has 0 unspecified atom stereocenters. The normalized spacial score (nSPS) is 11.9. The molecule has 0 spiro atoms. The molecule has 3 aromatic carbocycles. The Labute approximate surface area is 154 Å². The van der Waals surface area contributed by atoms with Gasteiger partial charge in [0.2, 0.25) is 5.90 Å². The SMILES string of the molecule is CC(=C\Oc1cccc(C)c1)/C(=N/c1ccccc1)Oc1ccccc1. The van der Waals surface area contributed by atoms with Gasteiger partial charge in [0.1, 0.15) is 11.5 Å². The second kappa shape index (κ2) is 8.67. The van der Waals surface area contributed by atoms with E-state index < -0.39 is 0 Å². The fraction of sp³-hybridized carbons (Fsp3) is 0.0870. The summed E-state index contributed by atoms with van der Waals surface area (Å²) in [4.78, 5) is 4.63. The first-order valence-electron chi connectivity index (χ1n) is 8.48. The molecule has 3 nitrogen and oxygen atoms in total. The lowest BCUT2D eigenvalue weighted by molar-refractivity contribution is 0.473. The number of nitrogens with zero attached hydrogens (tertiary/aromatic N) is 1. The van der Waals surface area contributed by atoms with Gasteiger partial charge in [0.15, 0.2) is 0 Å². The predicted octanol–water partition coefficient (Wildman–Crippen LogP) is 6.09. The third-order valence-electron chi connectivity index (χ3n) is 3.64. The van der Waals surface area contributed by atoms with Gasteiger partial charge in [0.25, 0.3) is 0 Å². The van der Waals surface area contributed by atoms with Crippen molar-refractivity contribution >= 4 is 11.6 Å². The minimum atomic E-state index is 0.495. The van der Waals surface area contributed by atoms with E-state index in [1.807, 2.05) is 98.8 Å². The van der Waals surface area contributed by atoms with Gasteiger partial charge in [0, 0.05) is 5.57 Å².